The fourth-order valence-corrected chi connectivity index (χ4v) is 0.0660. The first-order valence-corrected chi connectivity index (χ1v) is 1.61. The Labute approximate surface area is 57.6 Å². The molecule has 0 spiro atoms. The molecule has 0 rings (SSSR count). The van der Waals surface area contributed by atoms with Crippen LogP contribution >= 0.6 is 0 Å². The summed E-state index contributed by atoms with van der Waals surface area (Å²) in [5, 5.41) is 7.57. The van der Waals surface area contributed by atoms with Gasteiger partial charge in [0.2, 0.25) is 6.17 Å². The van der Waals surface area contributed by atoms with Gasteiger partial charge in [0, 0.05) is 19.5 Å². The average Bonchev–Trinajstić information content (AvgIpc) is 1.65. The molecule has 0 amide bonds. The molecule has 0 saturated carbocycles. The molecule has 0 aromatic heterocycles. The number of carboxylic acids is 1. The van der Waals surface area contributed by atoms with Crippen molar-refractivity contribution in [1.29, 1.82) is 0 Å². The van der Waals surface area contributed by atoms with E-state index >= 15 is 0 Å². The molecule has 0 aliphatic rings. The van der Waals surface area contributed by atoms with Gasteiger partial charge in [-0.15, -0.1) is 0 Å². The second-order valence-corrected chi connectivity index (χ2v) is 0.960. The number of carboxylic acid groups (broad SMARTS) is 1. The molecule has 1 atom stereocenters. The normalized spacial score (nSPS) is 11.8. The molecule has 0 radical (unpaired) electrons. The van der Waals surface area contributed by atoms with Crippen LogP contribution in [0.15, 0.2) is 0 Å². The molecular formula is C3H4F2O2Zn. The smallest absolute Gasteiger partial charge is 0.341 e. The van der Waals surface area contributed by atoms with Crippen LogP contribution < -0.4 is 0 Å². The number of rotatable bonds is 2. The van der Waals surface area contributed by atoms with Crippen molar-refractivity contribution in [1.82, 2.24) is 0 Å². The van der Waals surface area contributed by atoms with Crippen molar-refractivity contribution in [3.05, 3.63) is 0 Å². The van der Waals surface area contributed by atoms with Crippen LogP contribution in [0.2, 0.25) is 0 Å². The van der Waals surface area contributed by atoms with Gasteiger partial charge in [0.25, 0.3) is 0 Å². The SMILES string of the molecule is O=C(O)C(F)CF.[Zn]. The minimum absolute atomic E-state index is 0. The van der Waals surface area contributed by atoms with Crippen molar-refractivity contribution in [2.45, 2.75) is 6.17 Å². The van der Waals surface area contributed by atoms with Crippen LogP contribution in [-0.2, 0) is 24.3 Å². The van der Waals surface area contributed by atoms with Crippen molar-refractivity contribution in [2.24, 2.45) is 0 Å². The molecule has 1 N–H and O–H groups in total. The van der Waals surface area contributed by atoms with E-state index in [1.165, 1.54) is 0 Å². The van der Waals surface area contributed by atoms with E-state index in [0.717, 1.165) is 0 Å². The minimum atomic E-state index is -2.35. The topological polar surface area (TPSA) is 37.3 Å². The first-order valence-electron chi connectivity index (χ1n) is 1.61. The molecule has 0 aromatic carbocycles. The second kappa shape index (κ2) is 5.10. The van der Waals surface area contributed by atoms with Crippen molar-refractivity contribution in [3.8, 4) is 0 Å². The van der Waals surface area contributed by atoms with Crippen LogP contribution in [0.1, 0.15) is 0 Å². The molecular weight excluding hydrogens is 171 g/mol. The van der Waals surface area contributed by atoms with E-state index in [0.29, 0.717) is 0 Å². The summed E-state index contributed by atoms with van der Waals surface area (Å²) in [6.45, 7) is -1.45. The molecule has 0 heterocycles. The van der Waals surface area contributed by atoms with Crippen LogP contribution in [0, 0.1) is 0 Å². The Morgan fingerprint density at radius 2 is 2.12 bits per heavy atom. The van der Waals surface area contributed by atoms with E-state index in [4.69, 9.17) is 5.11 Å². The zero-order valence-electron chi connectivity index (χ0n) is 4.10. The number of hydrogen-bond acceptors (Lipinski definition) is 1. The maximum atomic E-state index is 11.3. The average molecular weight is 175 g/mol. The number of hydrogen-bond donors (Lipinski definition) is 1. The van der Waals surface area contributed by atoms with Crippen LogP contribution in [0.25, 0.3) is 0 Å². The summed E-state index contributed by atoms with van der Waals surface area (Å²) in [4.78, 5) is 9.32. The number of aliphatic carboxylic acids is 1. The van der Waals surface area contributed by atoms with E-state index < -0.39 is 18.8 Å². The summed E-state index contributed by atoms with van der Waals surface area (Å²) in [6.07, 6.45) is -2.35. The maximum absolute atomic E-state index is 11.3. The molecule has 44 valence electrons. The maximum Gasteiger partial charge on any atom is 0.341 e. The van der Waals surface area contributed by atoms with Gasteiger partial charge in [-0.2, -0.15) is 0 Å². The van der Waals surface area contributed by atoms with E-state index in [1.54, 1.807) is 0 Å². The van der Waals surface area contributed by atoms with Gasteiger partial charge in [-0.1, -0.05) is 0 Å². The molecule has 2 nitrogen and oxygen atoms in total. The third kappa shape index (κ3) is 4.12. The van der Waals surface area contributed by atoms with Crippen LogP contribution in [0.4, 0.5) is 8.78 Å². The van der Waals surface area contributed by atoms with Gasteiger partial charge in [0.1, 0.15) is 6.67 Å². The van der Waals surface area contributed by atoms with Crippen LogP contribution in [0.5, 0.6) is 0 Å². The molecule has 8 heavy (non-hydrogen) atoms. The first kappa shape index (κ1) is 10.8. The summed E-state index contributed by atoms with van der Waals surface area (Å²) in [7, 11) is 0. The number of halogens is 2. The standard InChI is InChI=1S/C3H4F2O2.Zn/c4-1-2(5)3(6)7;/h2H,1H2,(H,6,7);. The second-order valence-electron chi connectivity index (χ2n) is 0.960. The summed E-state index contributed by atoms with van der Waals surface area (Å²) >= 11 is 0. The fourth-order valence-electron chi connectivity index (χ4n) is 0.0660. The van der Waals surface area contributed by atoms with Crippen molar-refractivity contribution >= 4 is 5.97 Å². The molecule has 0 aromatic rings. The van der Waals surface area contributed by atoms with Crippen molar-refractivity contribution in [3.63, 3.8) is 0 Å². The minimum Gasteiger partial charge on any atom is -0.479 e. The predicted molar refractivity (Wildman–Crippen MR) is 18.5 cm³/mol. The Kier molecular flexibility index (Phi) is 6.91. The third-order valence-electron chi connectivity index (χ3n) is 0.403. The Balaban J connectivity index is 0. The Bertz CT molecular complexity index is 77.7. The largest absolute Gasteiger partial charge is 0.479 e. The molecule has 0 bridgehead atoms. The zero-order valence-corrected chi connectivity index (χ0v) is 7.07. The number of alkyl halides is 2. The summed E-state index contributed by atoms with van der Waals surface area (Å²) in [6, 6.07) is 0. The Morgan fingerprint density at radius 3 is 2.12 bits per heavy atom. The van der Waals surface area contributed by atoms with E-state index in [-0.39, 0.29) is 19.5 Å². The summed E-state index contributed by atoms with van der Waals surface area (Å²) < 4.78 is 22.2. The molecule has 5 heteroatoms. The first-order chi connectivity index (χ1) is 3.18. The van der Waals surface area contributed by atoms with Gasteiger partial charge in [-0.25, -0.2) is 13.6 Å². The van der Waals surface area contributed by atoms with E-state index in [2.05, 4.69) is 0 Å². The number of carbonyl (C=O) groups is 1. The van der Waals surface area contributed by atoms with Crippen LogP contribution in [0.3, 0.4) is 0 Å². The van der Waals surface area contributed by atoms with Gasteiger partial charge in [0.05, 0.1) is 0 Å². The van der Waals surface area contributed by atoms with Gasteiger partial charge >= 0.3 is 5.97 Å². The molecule has 1 unspecified atom stereocenters. The molecule has 0 aliphatic heterocycles. The molecule has 0 saturated heterocycles. The Hall–Kier alpha value is -0.0466. The summed E-state index contributed by atoms with van der Waals surface area (Å²) in [5.74, 6) is -1.75. The molecule has 0 aliphatic carbocycles. The molecule has 0 fully saturated rings. The van der Waals surface area contributed by atoms with Gasteiger partial charge < -0.3 is 5.11 Å². The van der Waals surface area contributed by atoms with E-state index in [1.807, 2.05) is 0 Å². The Morgan fingerprint density at radius 1 is 1.75 bits per heavy atom. The van der Waals surface area contributed by atoms with E-state index in [9.17, 15) is 13.6 Å². The van der Waals surface area contributed by atoms with Crippen molar-refractivity contribution in [2.75, 3.05) is 6.67 Å². The van der Waals surface area contributed by atoms with Gasteiger partial charge in [-0.3, -0.25) is 0 Å². The van der Waals surface area contributed by atoms with Gasteiger partial charge in [0.15, 0.2) is 0 Å². The monoisotopic (exact) mass is 174 g/mol. The van der Waals surface area contributed by atoms with Crippen molar-refractivity contribution < 1.29 is 38.2 Å². The summed E-state index contributed by atoms with van der Waals surface area (Å²) in [5.41, 5.74) is 0. The third-order valence-corrected chi connectivity index (χ3v) is 0.403. The fraction of sp³-hybridized carbons (Fsp3) is 0.667. The quantitative estimate of drug-likeness (QED) is 0.616. The zero-order chi connectivity index (χ0) is 5.86. The van der Waals surface area contributed by atoms with Gasteiger partial charge in [-0.05, 0) is 0 Å². The predicted octanol–water partition coefficient (Wildman–Crippen LogP) is 0.376. The van der Waals surface area contributed by atoms with Crippen LogP contribution in [-0.4, -0.2) is 23.9 Å².